The monoisotopic (exact) mass is 337 g/mol. The van der Waals surface area contributed by atoms with E-state index >= 15 is 0 Å². The Morgan fingerprint density at radius 1 is 1.30 bits per heavy atom. The SMILES string of the molecule is CN(Cc1cccc(F)c1)c1ccc(C(=O)O)c(Br)c1. The molecule has 0 fully saturated rings. The van der Waals surface area contributed by atoms with E-state index in [0.29, 0.717) is 11.0 Å². The molecule has 2 rings (SSSR count). The molecule has 0 amide bonds. The Bertz CT molecular complexity index is 646. The lowest BCUT2D eigenvalue weighted by Gasteiger charge is -2.20. The second-order valence-electron chi connectivity index (χ2n) is 4.46. The number of carbonyl (C=O) groups is 1. The van der Waals surface area contributed by atoms with Crippen molar-refractivity contribution in [1.29, 1.82) is 0 Å². The molecule has 1 N–H and O–H groups in total. The first kappa shape index (κ1) is 14.5. The van der Waals surface area contributed by atoms with Crippen molar-refractivity contribution in [3.05, 3.63) is 63.9 Å². The summed E-state index contributed by atoms with van der Waals surface area (Å²) in [6, 6.07) is 11.4. The Morgan fingerprint density at radius 2 is 2.05 bits per heavy atom. The van der Waals surface area contributed by atoms with Crippen LogP contribution < -0.4 is 4.90 Å². The quantitative estimate of drug-likeness (QED) is 0.919. The summed E-state index contributed by atoms with van der Waals surface area (Å²) in [5.74, 6) is -1.24. The molecule has 0 bridgehead atoms. The number of rotatable bonds is 4. The van der Waals surface area contributed by atoms with Crippen LogP contribution in [-0.4, -0.2) is 18.1 Å². The first-order chi connectivity index (χ1) is 9.47. The van der Waals surface area contributed by atoms with Crippen LogP contribution in [0.4, 0.5) is 10.1 Å². The normalized spacial score (nSPS) is 10.3. The molecule has 0 radical (unpaired) electrons. The van der Waals surface area contributed by atoms with Crippen LogP contribution in [0.15, 0.2) is 46.9 Å². The number of carboxylic acids is 1. The highest BCUT2D eigenvalue weighted by Gasteiger charge is 2.10. The lowest BCUT2D eigenvalue weighted by atomic mass is 10.1. The van der Waals surface area contributed by atoms with Crippen molar-refractivity contribution in [1.82, 2.24) is 0 Å². The molecule has 0 heterocycles. The van der Waals surface area contributed by atoms with Crippen molar-refractivity contribution in [2.24, 2.45) is 0 Å². The van der Waals surface area contributed by atoms with Gasteiger partial charge in [-0.05, 0) is 51.8 Å². The molecule has 0 aliphatic heterocycles. The Labute approximate surface area is 124 Å². The summed E-state index contributed by atoms with van der Waals surface area (Å²) < 4.78 is 13.7. The van der Waals surface area contributed by atoms with E-state index in [2.05, 4.69) is 15.9 Å². The summed E-state index contributed by atoms with van der Waals surface area (Å²) in [5.41, 5.74) is 1.92. The molecule has 20 heavy (non-hydrogen) atoms. The Kier molecular flexibility index (Phi) is 4.39. The summed E-state index contributed by atoms with van der Waals surface area (Å²) in [6.45, 7) is 0.538. The maximum atomic E-state index is 13.1. The Morgan fingerprint density at radius 3 is 2.65 bits per heavy atom. The fourth-order valence-corrected chi connectivity index (χ4v) is 2.45. The number of nitrogens with zero attached hydrogens (tertiary/aromatic N) is 1. The Balaban J connectivity index is 2.19. The highest BCUT2D eigenvalue weighted by Crippen LogP contribution is 2.24. The fourth-order valence-electron chi connectivity index (χ4n) is 1.92. The lowest BCUT2D eigenvalue weighted by molar-refractivity contribution is 0.0696. The van der Waals surface area contributed by atoms with E-state index in [1.807, 2.05) is 18.0 Å². The molecule has 0 unspecified atom stereocenters. The topological polar surface area (TPSA) is 40.5 Å². The van der Waals surface area contributed by atoms with Gasteiger partial charge in [0, 0.05) is 23.8 Å². The van der Waals surface area contributed by atoms with Crippen molar-refractivity contribution < 1.29 is 14.3 Å². The average molecular weight is 338 g/mol. The number of hydrogen-bond donors (Lipinski definition) is 1. The minimum Gasteiger partial charge on any atom is -0.478 e. The highest BCUT2D eigenvalue weighted by molar-refractivity contribution is 9.10. The molecule has 2 aromatic rings. The average Bonchev–Trinajstić information content (AvgIpc) is 2.38. The first-order valence-electron chi connectivity index (χ1n) is 5.96. The molecule has 0 aromatic heterocycles. The van der Waals surface area contributed by atoms with Gasteiger partial charge in [-0.2, -0.15) is 0 Å². The summed E-state index contributed by atoms with van der Waals surface area (Å²) >= 11 is 3.25. The van der Waals surface area contributed by atoms with Crippen LogP contribution in [0.2, 0.25) is 0 Å². The van der Waals surface area contributed by atoms with Gasteiger partial charge in [0.05, 0.1) is 5.56 Å². The predicted octanol–water partition coefficient (Wildman–Crippen LogP) is 3.92. The molecule has 0 aliphatic rings. The van der Waals surface area contributed by atoms with E-state index in [-0.39, 0.29) is 11.4 Å². The molecule has 104 valence electrons. The van der Waals surface area contributed by atoms with E-state index in [0.717, 1.165) is 11.3 Å². The number of aromatic carboxylic acids is 1. The van der Waals surface area contributed by atoms with E-state index < -0.39 is 5.97 Å². The zero-order valence-corrected chi connectivity index (χ0v) is 12.4. The molecule has 2 aromatic carbocycles. The highest BCUT2D eigenvalue weighted by atomic mass is 79.9. The predicted molar refractivity (Wildman–Crippen MR) is 79.6 cm³/mol. The minimum atomic E-state index is -0.976. The number of anilines is 1. The second-order valence-corrected chi connectivity index (χ2v) is 5.31. The molecule has 0 spiro atoms. The molecule has 0 saturated heterocycles. The van der Waals surface area contributed by atoms with Gasteiger partial charge in [-0.3, -0.25) is 0 Å². The van der Waals surface area contributed by atoms with Crippen LogP contribution in [0.3, 0.4) is 0 Å². The van der Waals surface area contributed by atoms with Gasteiger partial charge in [0.15, 0.2) is 0 Å². The molecule has 0 saturated carbocycles. The molecule has 0 aliphatic carbocycles. The maximum absolute atomic E-state index is 13.1. The second kappa shape index (κ2) is 6.05. The zero-order valence-electron chi connectivity index (χ0n) is 10.8. The smallest absolute Gasteiger partial charge is 0.336 e. The van der Waals surface area contributed by atoms with Gasteiger partial charge in [0.1, 0.15) is 5.82 Å². The lowest BCUT2D eigenvalue weighted by Crippen LogP contribution is -2.16. The van der Waals surface area contributed by atoms with E-state index in [1.165, 1.54) is 12.1 Å². The summed E-state index contributed by atoms with van der Waals surface area (Å²) in [5, 5.41) is 8.98. The van der Waals surface area contributed by atoms with E-state index in [9.17, 15) is 9.18 Å². The van der Waals surface area contributed by atoms with Gasteiger partial charge < -0.3 is 10.0 Å². The van der Waals surface area contributed by atoms with Crippen LogP contribution in [0.1, 0.15) is 15.9 Å². The van der Waals surface area contributed by atoms with Gasteiger partial charge in [-0.15, -0.1) is 0 Å². The summed E-state index contributed by atoms with van der Waals surface area (Å²) in [4.78, 5) is 12.9. The number of hydrogen-bond acceptors (Lipinski definition) is 2. The molecular formula is C15H13BrFNO2. The van der Waals surface area contributed by atoms with Crippen molar-refractivity contribution in [3.8, 4) is 0 Å². The van der Waals surface area contributed by atoms with Crippen LogP contribution in [-0.2, 0) is 6.54 Å². The van der Waals surface area contributed by atoms with Crippen molar-refractivity contribution in [2.45, 2.75) is 6.54 Å². The van der Waals surface area contributed by atoms with Crippen molar-refractivity contribution in [3.63, 3.8) is 0 Å². The number of halogens is 2. The summed E-state index contributed by atoms with van der Waals surface area (Å²) in [7, 11) is 1.87. The third-order valence-electron chi connectivity index (χ3n) is 2.93. The molecular weight excluding hydrogens is 325 g/mol. The number of carboxylic acid groups (broad SMARTS) is 1. The Hall–Kier alpha value is -1.88. The fraction of sp³-hybridized carbons (Fsp3) is 0.133. The first-order valence-corrected chi connectivity index (χ1v) is 6.75. The largest absolute Gasteiger partial charge is 0.478 e. The standard InChI is InChI=1S/C15H13BrFNO2/c1-18(9-10-3-2-4-11(17)7-10)12-5-6-13(15(19)20)14(16)8-12/h2-8H,9H2,1H3,(H,19,20). The van der Waals surface area contributed by atoms with Crippen molar-refractivity contribution >= 4 is 27.6 Å². The molecule has 0 atom stereocenters. The van der Waals surface area contributed by atoms with Crippen LogP contribution in [0.5, 0.6) is 0 Å². The van der Waals surface area contributed by atoms with E-state index in [4.69, 9.17) is 5.11 Å². The van der Waals surface area contributed by atoms with Gasteiger partial charge in [0.25, 0.3) is 0 Å². The van der Waals surface area contributed by atoms with E-state index in [1.54, 1.807) is 24.3 Å². The van der Waals surface area contributed by atoms with Gasteiger partial charge in [-0.1, -0.05) is 12.1 Å². The third kappa shape index (κ3) is 3.36. The summed E-state index contributed by atoms with van der Waals surface area (Å²) in [6.07, 6.45) is 0. The van der Waals surface area contributed by atoms with Gasteiger partial charge >= 0.3 is 5.97 Å². The number of benzene rings is 2. The molecule has 3 nitrogen and oxygen atoms in total. The van der Waals surface area contributed by atoms with Crippen LogP contribution in [0.25, 0.3) is 0 Å². The van der Waals surface area contributed by atoms with Crippen LogP contribution in [0, 0.1) is 5.82 Å². The third-order valence-corrected chi connectivity index (χ3v) is 3.59. The van der Waals surface area contributed by atoms with Crippen molar-refractivity contribution in [2.75, 3.05) is 11.9 Å². The van der Waals surface area contributed by atoms with Gasteiger partial charge in [-0.25, -0.2) is 9.18 Å². The van der Waals surface area contributed by atoms with Gasteiger partial charge in [0.2, 0.25) is 0 Å². The minimum absolute atomic E-state index is 0.216. The maximum Gasteiger partial charge on any atom is 0.336 e. The molecule has 5 heteroatoms. The van der Waals surface area contributed by atoms with Crippen LogP contribution >= 0.6 is 15.9 Å². The zero-order chi connectivity index (χ0) is 14.7.